The van der Waals surface area contributed by atoms with Gasteiger partial charge in [0, 0.05) is 31.5 Å². The maximum absolute atomic E-state index is 2.87. The Kier molecular flexibility index (Phi) is 3.53. The number of rotatable bonds is 2. The first-order valence-electron chi connectivity index (χ1n) is 9.92. The highest BCUT2D eigenvalue weighted by molar-refractivity contribution is 5.13. The summed E-state index contributed by atoms with van der Waals surface area (Å²) < 4.78 is 2.62. The summed E-state index contributed by atoms with van der Waals surface area (Å²) in [5.74, 6) is 0. The average molecular weight is 329 g/mol. The molecule has 0 bridgehead atoms. The molecular formula is C20H32N4+2. The van der Waals surface area contributed by atoms with Crippen LogP contribution in [0.3, 0.4) is 0 Å². The monoisotopic (exact) mass is 328 g/mol. The van der Waals surface area contributed by atoms with Crippen LogP contribution >= 0.6 is 0 Å². The lowest BCUT2D eigenvalue weighted by Gasteiger charge is -2.66. The number of hydrogen-bond acceptors (Lipinski definition) is 2. The fourth-order valence-electron chi connectivity index (χ4n) is 6.33. The van der Waals surface area contributed by atoms with Gasteiger partial charge in [-0.2, -0.15) is 0 Å². The Morgan fingerprint density at radius 2 is 1.54 bits per heavy atom. The number of hydrogen-bond donors (Lipinski definition) is 0. The Morgan fingerprint density at radius 1 is 0.833 bits per heavy atom. The molecule has 0 spiro atoms. The van der Waals surface area contributed by atoms with E-state index in [1.165, 1.54) is 86.3 Å². The Hall–Kier alpha value is -0.940. The molecule has 0 radical (unpaired) electrons. The fourth-order valence-corrected chi connectivity index (χ4v) is 6.33. The van der Waals surface area contributed by atoms with Crippen molar-refractivity contribution in [2.24, 2.45) is 0 Å². The molecule has 4 heteroatoms. The molecule has 130 valence electrons. The number of quaternary nitrogens is 2. The molecule has 5 rings (SSSR count). The van der Waals surface area contributed by atoms with E-state index in [1.54, 1.807) is 0 Å². The Morgan fingerprint density at radius 3 is 2.38 bits per heavy atom. The molecular weight excluding hydrogens is 296 g/mol. The SMILES string of the molecule is C[N+]12CCCN3CC[N+]4(Cc5ccccc5)CCCN(CC1)[C@H]4[C@H]32. The highest BCUT2D eigenvalue weighted by Gasteiger charge is 2.62. The average Bonchev–Trinajstić information content (AvgIpc) is 2.61. The highest BCUT2D eigenvalue weighted by atomic mass is 15.6. The molecule has 2 unspecified atom stereocenters. The van der Waals surface area contributed by atoms with E-state index in [2.05, 4.69) is 47.2 Å². The van der Waals surface area contributed by atoms with E-state index in [1.807, 2.05) is 0 Å². The summed E-state index contributed by atoms with van der Waals surface area (Å²) in [6, 6.07) is 11.3. The van der Waals surface area contributed by atoms with Crippen LogP contribution in [0.15, 0.2) is 30.3 Å². The Balaban J connectivity index is 1.54. The quantitative estimate of drug-likeness (QED) is 0.760. The van der Waals surface area contributed by atoms with Crippen LogP contribution in [-0.4, -0.2) is 90.5 Å². The van der Waals surface area contributed by atoms with Crippen LogP contribution < -0.4 is 0 Å². The van der Waals surface area contributed by atoms with E-state index >= 15 is 0 Å². The van der Waals surface area contributed by atoms with Crippen molar-refractivity contribution in [3.63, 3.8) is 0 Å². The first-order valence-corrected chi connectivity index (χ1v) is 9.92. The van der Waals surface area contributed by atoms with Crippen LogP contribution in [0.5, 0.6) is 0 Å². The molecule has 4 aliphatic rings. The number of nitrogens with zero attached hydrogens (tertiary/aromatic N) is 4. The lowest BCUT2D eigenvalue weighted by molar-refractivity contribution is -1.05. The Bertz CT molecular complexity index is 605. The van der Waals surface area contributed by atoms with Gasteiger partial charge in [0.15, 0.2) is 0 Å². The van der Waals surface area contributed by atoms with Gasteiger partial charge in [0.25, 0.3) is 0 Å². The van der Waals surface area contributed by atoms with Gasteiger partial charge in [-0.05, 0) is 0 Å². The van der Waals surface area contributed by atoms with Gasteiger partial charge in [-0.25, -0.2) is 9.80 Å². The van der Waals surface area contributed by atoms with Crippen molar-refractivity contribution in [2.45, 2.75) is 31.7 Å². The van der Waals surface area contributed by atoms with Gasteiger partial charge < -0.3 is 4.48 Å². The fraction of sp³-hybridized carbons (Fsp3) is 0.700. The second kappa shape index (κ2) is 5.53. The third kappa shape index (κ3) is 2.20. The second-order valence-electron chi connectivity index (χ2n) is 8.84. The standard InChI is InChI=1S/C20H32N4/c1-23-13-5-9-21-12-16-24(17-18-7-3-2-4-8-18)14-6-10-22(11-15-23)20(24)19(21)23/h2-4,7-8,19-20H,5-6,9-17H2,1H3/q+2/t19-,20-,23?,24?/m1/s1. The summed E-state index contributed by atoms with van der Waals surface area (Å²) in [4.78, 5) is 5.72. The second-order valence-corrected chi connectivity index (χ2v) is 8.84. The van der Waals surface area contributed by atoms with Gasteiger partial charge >= 0.3 is 0 Å². The summed E-state index contributed by atoms with van der Waals surface area (Å²) in [6.07, 6.45) is 4.20. The van der Waals surface area contributed by atoms with E-state index in [0.717, 1.165) is 6.17 Å². The van der Waals surface area contributed by atoms with E-state index < -0.39 is 0 Å². The van der Waals surface area contributed by atoms with Crippen LogP contribution in [0.25, 0.3) is 0 Å². The van der Waals surface area contributed by atoms with Crippen molar-refractivity contribution in [2.75, 3.05) is 59.4 Å². The molecule has 4 heterocycles. The van der Waals surface area contributed by atoms with Gasteiger partial charge in [-0.3, -0.25) is 4.48 Å². The van der Waals surface area contributed by atoms with E-state index in [9.17, 15) is 0 Å². The van der Waals surface area contributed by atoms with Gasteiger partial charge in [0.1, 0.15) is 6.54 Å². The van der Waals surface area contributed by atoms with Gasteiger partial charge in [0.05, 0.1) is 46.3 Å². The summed E-state index contributed by atoms with van der Waals surface area (Å²) >= 11 is 0. The minimum atomic E-state index is 0.715. The third-order valence-corrected chi connectivity index (χ3v) is 7.45. The predicted octanol–water partition coefficient (Wildman–Crippen LogP) is 1.54. The van der Waals surface area contributed by atoms with Gasteiger partial charge in [-0.15, -0.1) is 0 Å². The summed E-state index contributed by atoms with van der Waals surface area (Å²) in [7, 11) is 2.55. The van der Waals surface area contributed by atoms with Crippen LogP contribution in [0.1, 0.15) is 18.4 Å². The molecule has 4 nitrogen and oxygen atoms in total. The van der Waals surface area contributed by atoms with Gasteiger partial charge in [-0.1, -0.05) is 30.3 Å². The molecule has 0 amide bonds. The smallest absolute Gasteiger partial charge is 0.214 e. The highest BCUT2D eigenvalue weighted by Crippen LogP contribution is 2.41. The van der Waals surface area contributed by atoms with E-state index in [-0.39, 0.29) is 0 Å². The van der Waals surface area contributed by atoms with Crippen molar-refractivity contribution in [1.29, 1.82) is 0 Å². The number of likely N-dealkylation sites (N-methyl/N-ethyl adjacent to an activating group) is 1. The molecule has 0 saturated carbocycles. The van der Waals surface area contributed by atoms with Crippen molar-refractivity contribution in [3.05, 3.63) is 35.9 Å². The molecule has 4 saturated heterocycles. The van der Waals surface area contributed by atoms with Crippen LogP contribution in [-0.2, 0) is 6.54 Å². The molecule has 4 fully saturated rings. The molecule has 0 N–H and O–H groups in total. The number of benzene rings is 1. The van der Waals surface area contributed by atoms with Crippen molar-refractivity contribution < 1.29 is 8.97 Å². The lowest BCUT2D eigenvalue weighted by atomic mass is 9.94. The van der Waals surface area contributed by atoms with Crippen molar-refractivity contribution in [3.8, 4) is 0 Å². The first-order chi connectivity index (χ1) is 11.7. The molecule has 1 aromatic rings. The number of piperazine rings is 2. The van der Waals surface area contributed by atoms with Crippen LogP contribution in [0.2, 0.25) is 0 Å². The molecule has 24 heavy (non-hydrogen) atoms. The largest absolute Gasteiger partial charge is 0.304 e. The van der Waals surface area contributed by atoms with Crippen molar-refractivity contribution >= 4 is 0 Å². The van der Waals surface area contributed by atoms with E-state index in [4.69, 9.17) is 0 Å². The maximum Gasteiger partial charge on any atom is 0.214 e. The van der Waals surface area contributed by atoms with Crippen LogP contribution in [0, 0.1) is 0 Å². The minimum absolute atomic E-state index is 0.715. The molecule has 0 aliphatic carbocycles. The lowest BCUT2D eigenvalue weighted by Crippen LogP contribution is -2.86. The first kappa shape index (κ1) is 15.3. The zero-order valence-corrected chi connectivity index (χ0v) is 15.1. The van der Waals surface area contributed by atoms with E-state index in [0.29, 0.717) is 6.17 Å². The normalized spacial score (nSPS) is 42.5. The third-order valence-electron chi connectivity index (χ3n) is 7.45. The van der Waals surface area contributed by atoms with Crippen LogP contribution in [0.4, 0.5) is 0 Å². The molecule has 4 aliphatic heterocycles. The molecule has 4 atom stereocenters. The van der Waals surface area contributed by atoms with Gasteiger partial charge in [0.2, 0.25) is 12.3 Å². The molecule has 1 aromatic carbocycles. The minimum Gasteiger partial charge on any atom is -0.304 e. The summed E-state index contributed by atoms with van der Waals surface area (Å²) in [5.41, 5.74) is 1.53. The predicted molar refractivity (Wildman–Crippen MR) is 96.0 cm³/mol. The summed E-state index contributed by atoms with van der Waals surface area (Å²) in [6.45, 7) is 11.9. The van der Waals surface area contributed by atoms with Crippen molar-refractivity contribution in [1.82, 2.24) is 9.80 Å². The Labute approximate surface area is 146 Å². The topological polar surface area (TPSA) is 6.48 Å². The summed E-state index contributed by atoms with van der Waals surface area (Å²) in [5, 5.41) is 0. The molecule has 0 aromatic heterocycles. The zero-order valence-electron chi connectivity index (χ0n) is 15.1. The maximum atomic E-state index is 2.87. The zero-order chi connectivity index (χ0) is 16.2.